The van der Waals surface area contributed by atoms with Crippen LogP contribution in [0.3, 0.4) is 0 Å². The summed E-state index contributed by atoms with van der Waals surface area (Å²) in [6.45, 7) is 3.29. The Morgan fingerprint density at radius 2 is 2.06 bits per heavy atom. The summed E-state index contributed by atoms with van der Waals surface area (Å²) in [5.41, 5.74) is 1.00. The zero-order chi connectivity index (χ0) is 12.0. The zero-order valence-electron chi connectivity index (χ0n) is 9.47. The molecule has 1 aromatic rings. The molecule has 4 nitrogen and oxygen atoms in total. The largest absolute Gasteiger partial charge is 0.490 e. The monoisotopic (exact) mass is 224 g/mol. The molecule has 0 unspecified atom stereocenters. The summed E-state index contributed by atoms with van der Waals surface area (Å²) < 4.78 is 10.0. The van der Waals surface area contributed by atoms with E-state index in [4.69, 9.17) is 4.74 Å². The van der Waals surface area contributed by atoms with Crippen LogP contribution in [0.1, 0.15) is 12.5 Å². The third kappa shape index (κ3) is 4.31. The molecule has 0 saturated carbocycles. The van der Waals surface area contributed by atoms with E-state index in [0.717, 1.165) is 11.3 Å². The van der Waals surface area contributed by atoms with Gasteiger partial charge in [-0.15, -0.1) is 0 Å². The normalized spacial score (nSPS) is 11.9. The molecular weight excluding hydrogens is 208 g/mol. The fraction of sp³-hybridized carbons (Fsp3) is 0.417. The average Bonchev–Trinajstić information content (AvgIpc) is 2.25. The van der Waals surface area contributed by atoms with Gasteiger partial charge in [0.25, 0.3) is 0 Å². The molecule has 0 aromatic heterocycles. The van der Waals surface area contributed by atoms with E-state index in [1.54, 1.807) is 0 Å². The maximum Gasteiger partial charge on any atom is 0.302 e. The maximum atomic E-state index is 10.5. The molecule has 0 bridgehead atoms. The van der Waals surface area contributed by atoms with Crippen molar-refractivity contribution >= 4 is 5.97 Å². The van der Waals surface area contributed by atoms with E-state index in [1.807, 2.05) is 31.2 Å². The van der Waals surface area contributed by atoms with Crippen molar-refractivity contribution in [1.82, 2.24) is 0 Å². The fourth-order valence-corrected chi connectivity index (χ4v) is 1.17. The highest BCUT2D eigenvalue weighted by molar-refractivity contribution is 5.65. The lowest BCUT2D eigenvalue weighted by molar-refractivity contribution is -0.144. The van der Waals surface area contributed by atoms with Gasteiger partial charge in [0.1, 0.15) is 25.1 Å². The Morgan fingerprint density at radius 3 is 2.69 bits per heavy atom. The van der Waals surface area contributed by atoms with Crippen molar-refractivity contribution in [2.24, 2.45) is 0 Å². The van der Waals surface area contributed by atoms with E-state index < -0.39 is 12.1 Å². The summed E-state index contributed by atoms with van der Waals surface area (Å²) in [6, 6.07) is 7.53. The number of carbonyl (C=O) groups is 1. The summed E-state index contributed by atoms with van der Waals surface area (Å²) in [7, 11) is 0. The smallest absolute Gasteiger partial charge is 0.302 e. The van der Waals surface area contributed by atoms with E-state index in [-0.39, 0.29) is 13.2 Å². The minimum Gasteiger partial charge on any atom is -0.490 e. The molecule has 1 N–H and O–H groups in total. The number of aliphatic hydroxyl groups excluding tert-OH is 1. The first kappa shape index (κ1) is 12.5. The van der Waals surface area contributed by atoms with Crippen LogP contribution < -0.4 is 4.74 Å². The Kier molecular flexibility index (Phi) is 4.79. The second-order valence-electron chi connectivity index (χ2n) is 3.53. The molecule has 0 fully saturated rings. The average molecular weight is 224 g/mol. The zero-order valence-corrected chi connectivity index (χ0v) is 9.47. The van der Waals surface area contributed by atoms with Crippen molar-refractivity contribution in [3.05, 3.63) is 29.8 Å². The molecule has 4 heteroatoms. The van der Waals surface area contributed by atoms with Crippen LogP contribution in [-0.2, 0) is 9.53 Å². The van der Waals surface area contributed by atoms with Gasteiger partial charge >= 0.3 is 5.97 Å². The van der Waals surface area contributed by atoms with Gasteiger partial charge in [-0.25, -0.2) is 0 Å². The minimum atomic E-state index is -0.802. The number of benzene rings is 1. The van der Waals surface area contributed by atoms with Crippen molar-refractivity contribution in [3.8, 4) is 5.75 Å². The standard InChI is InChI=1S/C12H16O4/c1-9-5-3-4-6-12(9)16-8-11(14)7-15-10(2)13/h3-6,11,14H,7-8H2,1-2H3/t11-/m0/s1. The SMILES string of the molecule is CC(=O)OC[C@H](O)COc1ccccc1C. The van der Waals surface area contributed by atoms with Crippen LogP contribution in [-0.4, -0.2) is 30.4 Å². The molecule has 88 valence electrons. The highest BCUT2D eigenvalue weighted by Gasteiger charge is 2.07. The maximum absolute atomic E-state index is 10.5. The van der Waals surface area contributed by atoms with Gasteiger partial charge in [-0.1, -0.05) is 18.2 Å². The van der Waals surface area contributed by atoms with E-state index in [9.17, 15) is 9.90 Å². The third-order valence-corrected chi connectivity index (χ3v) is 2.00. The van der Waals surface area contributed by atoms with Crippen LogP contribution in [0.4, 0.5) is 0 Å². The van der Waals surface area contributed by atoms with Gasteiger partial charge in [-0.2, -0.15) is 0 Å². The van der Waals surface area contributed by atoms with Gasteiger partial charge in [0.15, 0.2) is 0 Å². The first-order valence-corrected chi connectivity index (χ1v) is 5.09. The number of ether oxygens (including phenoxy) is 2. The van der Waals surface area contributed by atoms with Crippen molar-refractivity contribution in [1.29, 1.82) is 0 Å². The van der Waals surface area contributed by atoms with Crippen LogP contribution in [0.25, 0.3) is 0 Å². The molecular formula is C12H16O4. The summed E-state index contributed by atoms with van der Waals surface area (Å²) in [5.74, 6) is 0.319. The number of aliphatic hydroxyl groups is 1. The number of hydrogen-bond donors (Lipinski definition) is 1. The first-order chi connectivity index (χ1) is 7.59. The van der Waals surface area contributed by atoms with Crippen LogP contribution in [0.2, 0.25) is 0 Å². The van der Waals surface area contributed by atoms with Crippen LogP contribution >= 0.6 is 0 Å². The number of rotatable bonds is 5. The predicted molar refractivity (Wildman–Crippen MR) is 59.3 cm³/mol. The van der Waals surface area contributed by atoms with Gasteiger partial charge in [0.2, 0.25) is 0 Å². The summed E-state index contributed by atoms with van der Waals surface area (Å²) in [6.07, 6.45) is -0.802. The first-order valence-electron chi connectivity index (χ1n) is 5.09. The number of esters is 1. The van der Waals surface area contributed by atoms with Crippen molar-refractivity contribution < 1.29 is 19.4 Å². The molecule has 16 heavy (non-hydrogen) atoms. The Morgan fingerprint density at radius 1 is 1.38 bits per heavy atom. The minimum absolute atomic E-state index is 0.0405. The van der Waals surface area contributed by atoms with Gasteiger partial charge in [-0.3, -0.25) is 4.79 Å². The van der Waals surface area contributed by atoms with Crippen molar-refractivity contribution in [3.63, 3.8) is 0 Å². The highest BCUT2D eigenvalue weighted by Crippen LogP contribution is 2.16. The predicted octanol–water partition coefficient (Wildman–Crippen LogP) is 1.30. The van der Waals surface area contributed by atoms with Gasteiger partial charge < -0.3 is 14.6 Å². The Labute approximate surface area is 94.8 Å². The summed E-state index contributed by atoms with van der Waals surface area (Å²) >= 11 is 0. The van der Waals surface area contributed by atoms with Crippen LogP contribution in [0.15, 0.2) is 24.3 Å². The van der Waals surface area contributed by atoms with E-state index in [0.29, 0.717) is 0 Å². The summed E-state index contributed by atoms with van der Waals surface area (Å²) in [4.78, 5) is 10.5. The van der Waals surface area contributed by atoms with E-state index >= 15 is 0 Å². The second-order valence-corrected chi connectivity index (χ2v) is 3.53. The molecule has 1 atom stereocenters. The molecule has 0 aliphatic heterocycles. The third-order valence-electron chi connectivity index (χ3n) is 2.00. The van der Waals surface area contributed by atoms with Gasteiger partial charge in [0.05, 0.1) is 0 Å². The van der Waals surface area contributed by atoms with Gasteiger partial charge in [0, 0.05) is 6.92 Å². The molecule has 0 aliphatic rings. The molecule has 0 aliphatic carbocycles. The molecule has 0 radical (unpaired) electrons. The molecule has 0 saturated heterocycles. The fourth-order valence-electron chi connectivity index (χ4n) is 1.17. The molecule has 0 amide bonds. The molecule has 0 heterocycles. The Hall–Kier alpha value is -1.55. The lowest BCUT2D eigenvalue weighted by Crippen LogP contribution is -2.24. The Balaban J connectivity index is 2.34. The lowest BCUT2D eigenvalue weighted by atomic mass is 10.2. The number of carbonyl (C=O) groups excluding carboxylic acids is 1. The van der Waals surface area contributed by atoms with E-state index in [2.05, 4.69) is 4.74 Å². The van der Waals surface area contributed by atoms with Crippen molar-refractivity contribution in [2.45, 2.75) is 20.0 Å². The van der Waals surface area contributed by atoms with Crippen LogP contribution in [0.5, 0.6) is 5.75 Å². The van der Waals surface area contributed by atoms with E-state index in [1.165, 1.54) is 6.92 Å². The molecule has 1 rings (SSSR count). The second kappa shape index (κ2) is 6.12. The number of hydrogen-bond acceptors (Lipinski definition) is 4. The van der Waals surface area contributed by atoms with Crippen molar-refractivity contribution in [2.75, 3.05) is 13.2 Å². The van der Waals surface area contributed by atoms with Gasteiger partial charge in [-0.05, 0) is 18.6 Å². The molecule has 0 spiro atoms. The lowest BCUT2D eigenvalue weighted by Gasteiger charge is -2.13. The highest BCUT2D eigenvalue weighted by atomic mass is 16.5. The van der Waals surface area contributed by atoms with Crippen LogP contribution in [0, 0.1) is 6.92 Å². The summed E-state index contributed by atoms with van der Waals surface area (Å²) in [5, 5.41) is 9.45. The number of aryl methyl sites for hydroxylation is 1. The quantitative estimate of drug-likeness (QED) is 0.766. The Bertz CT molecular complexity index is 349. The molecule has 1 aromatic carbocycles. The topological polar surface area (TPSA) is 55.8 Å². The number of para-hydroxylation sites is 1.